The lowest BCUT2D eigenvalue weighted by molar-refractivity contribution is 0.100. The van der Waals surface area contributed by atoms with Crippen molar-refractivity contribution >= 4 is 27.3 Å². The Bertz CT molecular complexity index is 562. The van der Waals surface area contributed by atoms with E-state index in [4.69, 9.17) is 10.5 Å². The van der Waals surface area contributed by atoms with Gasteiger partial charge in [0.2, 0.25) is 0 Å². The Hall–Kier alpha value is -1.75. The summed E-state index contributed by atoms with van der Waals surface area (Å²) < 4.78 is 6.43. The molecule has 3 N–H and O–H groups in total. The lowest BCUT2D eigenvalue weighted by Crippen LogP contribution is -2.10. The highest BCUT2D eigenvalue weighted by Crippen LogP contribution is 2.39. The molecule has 0 aliphatic carbocycles. The first kappa shape index (κ1) is 11.7. The summed E-state index contributed by atoms with van der Waals surface area (Å²) in [6, 6.07) is 4.91. The Kier molecular flexibility index (Phi) is 3.19. The fourth-order valence-corrected chi connectivity index (χ4v) is 2.55. The predicted octanol–water partition coefficient (Wildman–Crippen LogP) is 2.49. The summed E-state index contributed by atoms with van der Waals surface area (Å²) in [6.07, 6.45) is 0.842. The van der Waals surface area contributed by atoms with Crippen molar-refractivity contribution in [3.63, 3.8) is 0 Å². The zero-order chi connectivity index (χ0) is 12.4. The molecule has 0 unspecified atom stereocenters. The fourth-order valence-electron chi connectivity index (χ4n) is 1.57. The highest BCUT2D eigenvalue weighted by atomic mass is 32.1. The van der Waals surface area contributed by atoms with Crippen molar-refractivity contribution < 1.29 is 14.6 Å². The van der Waals surface area contributed by atoms with Crippen molar-refractivity contribution in [2.24, 2.45) is 5.73 Å². The third-order valence-electron chi connectivity index (χ3n) is 2.30. The molecule has 1 heterocycles. The van der Waals surface area contributed by atoms with Gasteiger partial charge in [0.25, 0.3) is 5.91 Å². The molecule has 2 rings (SSSR count). The van der Waals surface area contributed by atoms with Crippen LogP contribution >= 0.6 is 11.3 Å². The largest absolute Gasteiger partial charge is 0.508 e. The molecule has 0 aliphatic heterocycles. The van der Waals surface area contributed by atoms with E-state index in [-0.39, 0.29) is 5.75 Å². The Balaban J connectivity index is 2.60. The molecule has 2 aromatic rings. The van der Waals surface area contributed by atoms with Gasteiger partial charge in [0.1, 0.15) is 10.6 Å². The predicted molar refractivity (Wildman–Crippen MR) is 67.8 cm³/mol. The van der Waals surface area contributed by atoms with Gasteiger partial charge in [-0.1, -0.05) is 6.92 Å². The van der Waals surface area contributed by atoms with E-state index in [0.717, 1.165) is 16.5 Å². The number of benzene rings is 1. The average molecular weight is 251 g/mol. The molecule has 4 nitrogen and oxygen atoms in total. The molecule has 17 heavy (non-hydrogen) atoms. The van der Waals surface area contributed by atoms with Crippen LogP contribution in [-0.2, 0) is 0 Å². The van der Waals surface area contributed by atoms with Gasteiger partial charge in [-0.05, 0) is 24.6 Å². The van der Waals surface area contributed by atoms with E-state index in [1.807, 2.05) is 6.92 Å². The number of carbonyl (C=O) groups is 1. The summed E-state index contributed by atoms with van der Waals surface area (Å²) in [5.41, 5.74) is 5.32. The molecule has 0 radical (unpaired) electrons. The number of thiophene rings is 1. The molecule has 0 atom stereocenters. The number of primary amides is 1. The smallest absolute Gasteiger partial charge is 0.262 e. The number of fused-ring (bicyclic) bond motifs is 1. The first-order chi connectivity index (χ1) is 8.13. The van der Waals surface area contributed by atoms with Crippen molar-refractivity contribution in [1.82, 2.24) is 0 Å². The Labute approximate surface area is 103 Å². The van der Waals surface area contributed by atoms with E-state index in [2.05, 4.69) is 0 Å². The van der Waals surface area contributed by atoms with Crippen molar-refractivity contribution in [3.8, 4) is 11.5 Å². The monoisotopic (exact) mass is 251 g/mol. The molecule has 1 aromatic heterocycles. The summed E-state index contributed by atoms with van der Waals surface area (Å²) in [5.74, 6) is 0.125. The second kappa shape index (κ2) is 4.63. The van der Waals surface area contributed by atoms with Crippen LogP contribution in [0.3, 0.4) is 0 Å². The maximum atomic E-state index is 11.3. The van der Waals surface area contributed by atoms with E-state index in [9.17, 15) is 9.90 Å². The number of ether oxygens (including phenoxy) is 1. The number of rotatable bonds is 4. The van der Waals surface area contributed by atoms with Crippen molar-refractivity contribution in [2.75, 3.05) is 6.61 Å². The quantitative estimate of drug-likeness (QED) is 0.876. The van der Waals surface area contributed by atoms with E-state index in [1.165, 1.54) is 11.3 Å². The van der Waals surface area contributed by atoms with Gasteiger partial charge >= 0.3 is 0 Å². The van der Waals surface area contributed by atoms with Crippen molar-refractivity contribution in [3.05, 3.63) is 23.1 Å². The number of phenols is 1. The molecule has 0 bridgehead atoms. The molecule has 5 heteroatoms. The number of hydrogen-bond donors (Lipinski definition) is 2. The first-order valence-electron chi connectivity index (χ1n) is 5.31. The maximum absolute atomic E-state index is 11.3. The highest BCUT2D eigenvalue weighted by Gasteiger charge is 2.17. The molecule has 0 spiro atoms. The summed E-state index contributed by atoms with van der Waals surface area (Å²) in [4.78, 5) is 11.7. The van der Waals surface area contributed by atoms with Crippen LogP contribution < -0.4 is 10.5 Å². The molecular formula is C12H13NO3S. The maximum Gasteiger partial charge on any atom is 0.262 e. The Morgan fingerprint density at radius 1 is 1.53 bits per heavy atom. The number of amides is 1. The molecule has 90 valence electrons. The van der Waals surface area contributed by atoms with Gasteiger partial charge in [0.05, 0.1) is 6.61 Å². The van der Waals surface area contributed by atoms with Gasteiger partial charge < -0.3 is 15.6 Å². The molecule has 1 aromatic carbocycles. The third-order valence-corrected chi connectivity index (χ3v) is 3.47. The van der Waals surface area contributed by atoms with Gasteiger partial charge in [-0.2, -0.15) is 0 Å². The second-order valence-electron chi connectivity index (χ2n) is 3.65. The van der Waals surface area contributed by atoms with Crippen LogP contribution in [0.4, 0.5) is 0 Å². The van der Waals surface area contributed by atoms with Crippen LogP contribution in [0.25, 0.3) is 10.1 Å². The summed E-state index contributed by atoms with van der Waals surface area (Å²) in [6.45, 7) is 2.50. The SMILES string of the molecule is CCCOc1c(C(N)=O)sc2ccc(O)cc12. The number of nitrogens with two attached hydrogens (primary N) is 1. The van der Waals surface area contributed by atoms with Crippen LogP contribution in [0.15, 0.2) is 18.2 Å². The number of aromatic hydroxyl groups is 1. The minimum Gasteiger partial charge on any atom is -0.508 e. The first-order valence-corrected chi connectivity index (χ1v) is 6.13. The number of carbonyl (C=O) groups excluding carboxylic acids is 1. The highest BCUT2D eigenvalue weighted by molar-refractivity contribution is 7.21. The van der Waals surface area contributed by atoms with E-state index < -0.39 is 5.91 Å². The lowest BCUT2D eigenvalue weighted by Gasteiger charge is -2.04. The van der Waals surface area contributed by atoms with Crippen LogP contribution in [-0.4, -0.2) is 17.6 Å². The minimum atomic E-state index is -0.503. The van der Waals surface area contributed by atoms with E-state index in [1.54, 1.807) is 18.2 Å². The van der Waals surface area contributed by atoms with Crippen molar-refractivity contribution in [2.45, 2.75) is 13.3 Å². The standard InChI is InChI=1S/C12H13NO3S/c1-2-5-16-10-8-6-7(14)3-4-9(8)17-11(10)12(13)15/h3-4,6,14H,2,5H2,1H3,(H2,13,15). The third kappa shape index (κ3) is 2.19. The summed E-state index contributed by atoms with van der Waals surface area (Å²) >= 11 is 1.28. The molecule has 0 saturated heterocycles. The molecule has 0 aliphatic rings. The minimum absolute atomic E-state index is 0.146. The van der Waals surface area contributed by atoms with Gasteiger partial charge in [-0.25, -0.2) is 0 Å². The van der Waals surface area contributed by atoms with Gasteiger partial charge in [-0.15, -0.1) is 11.3 Å². The topological polar surface area (TPSA) is 72.5 Å². The molecule has 0 fully saturated rings. The molecule has 1 amide bonds. The average Bonchev–Trinajstić information content (AvgIpc) is 2.64. The number of phenolic OH excluding ortho intramolecular Hbond substituents is 1. The van der Waals surface area contributed by atoms with Gasteiger partial charge in [0, 0.05) is 10.1 Å². The zero-order valence-electron chi connectivity index (χ0n) is 9.40. The fraction of sp³-hybridized carbons (Fsp3) is 0.250. The van der Waals surface area contributed by atoms with E-state index >= 15 is 0 Å². The summed E-state index contributed by atoms with van der Waals surface area (Å²) in [5, 5.41) is 10.2. The van der Waals surface area contributed by atoms with Gasteiger partial charge in [0.15, 0.2) is 5.75 Å². The van der Waals surface area contributed by atoms with Crippen LogP contribution in [0.5, 0.6) is 11.5 Å². The molecule has 0 saturated carbocycles. The number of hydrogen-bond acceptors (Lipinski definition) is 4. The van der Waals surface area contributed by atoms with E-state index in [0.29, 0.717) is 17.2 Å². The van der Waals surface area contributed by atoms with Gasteiger partial charge in [-0.3, -0.25) is 4.79 Å². The Morgan fingerprint density at radius 2 is 2.29 bits per heavy atom. The van der Waals surface area contributed by atoms with Crippen LogP contribution in [0.2, 0.25) is 0 Å². The van der Waals surface area contributed by atoms with Crippen LogP contribution in [0.1, 0.15) is 23.0 Å². The van der Waals surface area contributed by atoms with Crippen LogP contribution in [0, 0.1) is 0 Å². The lowest BCUT2D eigenvalue weighted by atomic mass is 10.2. The van der Waals surface area contributed by atoms with Crippen molar-refractivity contribution in [1.29, 1.82) is 0 Å². The zero-order valence-corrected chi connectivity index (χ0v) is 10.2. The Morgan fingerprint density at radius 3 is 2.94 bits per heavy atom. The second-order valence-corrected chi connectivity index (χ2v) is 4.71. The summed E-state index contributed by atoms with van der Waals surface area (Å²) in [7, 11) is 0. The normalized spacial score (nSPS) is 10.6. The molecular weight excluding hydrogens is 238 g/mol.